The predicted molar refractivity (Wildman–Crippen MR) is 118 cm³/mol. The first kappa shape index (κ1) is 19.0. The lowest BCUT2D eigenvalue weighted by molar-refractivity contribution is 0.333. The molecule has 3 heterocycles. The van der Waals surface area contributed by atoms with E-state index in [9.17, 15) is 0 Å². The van der Waals surface area contributed by atoms with E-state index in [2.05, 4.69) is 111 Å². The van der Waals surface area contributed by atoms with Gasteiger partial charge in [-0.25, -0.2) is 0 Å². The van der Waals surface area contributed by atoms with Gasteiger partial charge in [-0.1, -0.05) is 59.0 Å². The highest BCUT2D eigenvalue weighted by atomic mass is 15.5. The quantitative estimate of drug-likeness (QED) is 0.632. The van der Waals surface area contributed by atoms with Crippen LogP contribution < -0.4 is 9.62 Å². The van der Waals surface area contributed by atoms with E-state index in [4.69, 9.17) is 0 Å². The Hall–Kier alpha value is -1.77. The van der Waals surface area contributed by atoms with E-state index in [-0.39, 0.29) is 5.54 Å². The minimum atomic E-state index is 0.0390. The van der Waals surface area contributed by atoms with Gasteiger partial charge in [0.15, 0.2) is 0 Å². The number of para-hydroxylation sites is 1. The Morgan fingerprint density at radius 1 is 0.923 bits per heavy atom. The Bertz CT molecular complexity index is 728. The molecule has 2 atom stereocenters. The summed E-state index contributed by atoms with van der Waals surface area (Å²) in [5.74, 6) is 1.35. The van der Waals surface area contributed by atoms with Gasteiger partial charge in [-0.3, -0.25) is 0 Å². The highest BCUT2D eigenvalue weighted by Crippen LogP contribution is 2.48. The molecule has 0 amide bonds. The summed E-state index contributed by atoms with van der Waals surface area (Å²) in [7, 11) is 0. The molecule has 2 unspecified atom stereocenters. The zero-order chi connectivity index (χ0) is 19.1. The normalized spacial score (nSPS) is 23.3. The Labute approximate surface area is 160 Å². The standard InChI is InChI=1S/C18H25B2N3.C3H8/c1-14-19(4)22(15-10-7-6-8-11-15)17-18(2,3)21-13-9-12-16(21)23(17)20(14)5;1-3-2/h6-14,17H,1-5H3;3H2,1-2H3. The van der Waals surface area contributed by atoms with Crippen LogP contribution >= 0.6 is 0 Å². The van der Waals surface area contributed by atoms with Crippen molar-refractivity contribution in [1.29, 1.82) is 0 Å². The van der Waals surface area contributed by atoms with Crippen molar-refractivity contribution in [3.8, 4) is 0 Å². The number of hydrogen-bond donors (Lipinski definition) is 0. The summed E-state index contributed by atoms with van der Waals surface area (Å²) in [4.78, 5) is 5.27. The van der Waals surface area contributed by atoms with Gasteiger partial charge >= 0.3 is 0 Å². The smallest absolute Gasteiger partial charge is 0.253 e. The van der Waals surface area contributed by atoms with E-state index in [1.54, 1.807) is 0 Å². The molecular weight excluding hydrogens is 316 g/mol. The van der Waals surface area contributed by atoms with Crippen molar-refractivity contribution < 1.29 is 0 Å². The predicted octanol–water partition coefficient (Wildman–Crippen LogP) is 5.48. The highest BCUT2D eigenvalue weighted by molar-refractivity contribution is 6.84. The molecule has 0 aliphatic carbocycles. The number of rotatable bonds is 1. The molecule has 138 valence electrons. The van der Waals surface area contributed by atoms with Crippen LogP contribution in [0.1, 0.15) is 41.0 Å². The maximum absolute atomic E-state index is 2.64. The monoisotopic (exact) mass is 349 g/mol. The van der Waals surface area contributed by atoms with Crippen molar-refractivity contribution in [2.24, 2.45) is 0 Å². The van der Waals surface area contributed by atoms with E-state index in [0.29, 0.717) is 25.6 Å². The molecule has 0 radical (unpaired) electrons. The molecule has 26 heavy (non-hydrogen) atoms. The van der Waals surface area contributed by atoms with Crippen LogP contribution in [0.3, 0.4) is 0 Å². The molecule has 0 spiro atoms. The molecule has 1 aromatic carbocycles. The van der Waals surface area contributed by atoms with E-state index in [1.165, 1.54) is 17.9 Å². The summed E-state index contributed by atoms with van der Waals surface area (Å²) >= 11 is 0. The zero-order valence-corrected chi connectivity index (χ0v) is 17.5. The lowest BCUT2D eigenvalue weighted by atomic mass is 9.30. The van der Waals surface area contributed by atoms with E-state index in [1.807, 2.05) is 0 Å². The Morgan fingerprint density at radius 3 is 2.12 bits per heavy atom. The maximum atomic E-state index is 2.64. The van der Waals surface area contributed by atoms with Gasteiger partial charge in [-0.15, -0.1) is 0 Å². The third-order valence-electron chi connectivity index (χ3n) is 6.23. The summed E-state index contributed by atoms with van der Waals surface area (Å²) in [6, 6.07) is 15.3. The molecule has 0 saturated carbocycles. The van der Waals surface area contributed by atoms with Crippen LogP contribution in [0.2, 0.25) is 19.4 Å². The minimum Gasteiger partial charge on any atom is -0.396 e. The number of fused-ring (bicyclic) bond motifs is 3. The summed E-state index contributed by atoms with van der Waals surface area (Å²) in [5, 5.41) is 0. The molecule has 1 fully saturated rings. The Kier molecular flexibility index (Phi) is 5.18. The van der Waals surface area contributed by atoms with Crippen molar-refractivity contribution >= 4 is 25.2 Å². The number of hydrogen-bond acceptors (Lipinski definition) is 2. The first-order chi connectivity index (χ1) is 12.4. The van der Waals surface area contributed by atoms with Gasteiger partial charge in [0.25, 0.3) is 13.7 Å². The number of nitrogens with zero attached hydrogens (tertiary/aromatic N) is 3. The largest absolute Gasteiger partial charge is 0.396 e. The molecule has 0 N–H and O–H groups in total. The fraction of sp³-hybridized carbons (Fsp3) is 0.524. The number of anilines is 2. The second-order valence-corrected chi connectivity index (χ2v) is 8.46. The molecule has 1 saturated heterocycles. The summed E-state index contributed by atoms with van der Waals surface area (Å²) in [6.07, 6.45) is 3.83. The fourth-order valence-corrected chi connectivity index (χ4v) is 4.67. The maximum Gasteiger partial charge on any atom is 0.253 e. The van der Waals surface area contributed by atoms with Gasteiger partial charge in [0.2, 0.25) is 0 Å². The van der Waals surface area contributed by atoms with Crippen LogP contribution in [-0.4, -0.2) is 24.4 Å². The highest BCUT2D eigenvalue weighted by Gasteiger charge is 2.56. The second-order valence-electron chi connectivity index (χ2n) is 8.46. The molecule has 4 rings (SSSR count). The van der Waals surface area contributed by atoms with Crippen molar-refractivity contribution in [3.05, 3.63) is 48.7 Å². The third kappa shape index (κ3) is 2.76. The van der Waals surface area contributed by atoms with Crippen molar-refractivity contribution in [3.63, 3.8) is 0 Å². The first-order valence-corrected chi connectivity index (χ1v) is 10.2. The first-order valence-electron chi connectivity index (χ1n) is 10.2. The molecule has 2 aliphatic rings. The van der Waals surface area contributed by atoms with Crippen LogP contribution in [0.4, 0.5) is 11.5 Å². The van der Waals surface area contributed by atoms with Crippen LogP contribution in [0, 0.1) is 0 Å². The molecule has 2 aliphatic heterocycles. The molecular formula is C21H33B2N3. The van der Waals surface area contributed by atoms with Crippen molar-refractivity contribution in [1.82, 2.24) is 4.57 Å². The lowest BCUT2D eigenvalue weighted by Gasteiger charge is -2.54. The van der Waals surface area contributed by atoms with Gasteiger partial charge in [-0.2, -0.15) is 0 Å². The SMILES string of the molecule is CB1C(C)B(C)N2c3cccn3C(C)(C)C2N1c1ccccc1.CCC. The van der Waals surface area contributed by atoms with Crippen LogP contribution in [0.5, 0.6) is 0 Å². The molecule has 2 aromatic rings. The summed E-state index contributed by atoms with van der Waals surface area (Å²) in [5.41, 5.74) is 1.97. The van der Waals surface area contributed by atoms with E-state index >= 15 is 0 Å². The van der Waals surface area contributed by atoms with Crippen molar-refractivity contribution in [2.45, 2.75) is 72.1 Å². The number of benzene rings is 1. The minimum absolute atomic E-state index is 0.0390. The molecule has 5 heteroatoms. The second kappa shape index (κ2) is 7.09. The van der Waals surface area contributed by atoms with Crippen LogP contribution in [0.25, 0.3) is 0 Å². The van der Waals surface area contributed by atoms with E-state index < -0.39 is 0 Å². The topological polar surface area (TPSA) is 11.4 Å². The Balaban J connectivity index is 0.000000613. The summed E-state index contributed by atoms with van der Waals surface area (Å²) < 4.78 is 2.45. The summed E-state index contributed by atoms with van der Waals surface area (Å²) in [6.45, 7) is 17.2. The van der Waals surface area contributed by atoms with Crippen molar-refractivity contribution in [2.75, 3.05) is 9.62 Å². The van der Waals surface area contributed by atoms with Gasteiger partial charge < -0.3 is 14.2 Å². The van der Waals surface area contributed by atoms with Crippen LogP contribution in [0.15, 0.2) is 48.7 Å². The average molecular weight is 349 g/mol. The molecule has 3 nitrogen and oxygen atoms in total. The molecule has 1 aromatic heterocycles. The Morgan fingerprint density at radius 2 is 1.50 bits per heavy atom. The van der Waals surface area contributed by atoms with Gasteiger partial charge in [-0.05, 0) is 43.8 Å². The van der Waals surface area contributed by atoms with Gasteiger partial charge in [0.1, 0.15) is 6.17 Å². The van der Waals surface area contributed by atoms with Gasteiger partial charge in [0, 0.05) is 11.9 Å². The molecule has 0 bridgehead atoms. The lowest BCUT2D eigenvalue weighted by Crippen LogP contribution is -2.69. The zero-order valence-electron chi connectivity index (χ0n) is 17.5. The van der Waals surface area contributed by atoms with Crippen LogP contribution in [-0.2, 0) is 5.54 Å². The third-order valence-corrected chi connectivity index (χ3v) is 6.23. The van der Waals surface area contributed by atoms with E-state index in [0.717, 1.165) is 0 Å². The fourth-order valence-electron chi connectivity index (χ4n) is 4.67. The van der Waals surface area contributed by atoms with Gasteiger partial charge in [0.05, 0.1) is 11.4 Å². The number of aromatic nitrogens is 1. The average Bonchev–Trinajstić information content (AvgIpc) is 3.17.